The average molecular weight is 493 g/mol. The number of pyridine rings is 1. The molecule has 1 aromatic carbocycles. The number of nitrogens with zero attached hydrogens (tertiary/aromatic N) is 5. The number of piperidine rings is 1. The van der Waals surface area contributed by atoms with Crippen molar-refractivity contribution in [2.24, 2.45) is 7.05 Å². The van der Waals surface area contributed by atoms with E-state index in [1.165, 1.54) is 25.5 Å². The van der Waals surface area contributed by atoms with E-state index in [0.29, 0.717) is 46.3 Å². The third kappa shape index (κ3) is 5.98. The smallest absolute Gasteiger partial charge is 0.254 e. The number of ether oxygens (including phenoxy) is 1. The van der Waals surface area contributed by atoms with Crippen LogP contribution in [0.3, 0.4) is 0 Å². The minimum absolute atomic E-state index is 0.118. The highest BCUT2D eigenvalue weighted by Crippen LogP contribution is 2.37. The summed E-state index contributed by atoms with van der Waals surface area (Å²) in [6.07, 6.45) is 7.06. The van der Waals surface area contributed by atoms with Gasteiger partial charge < -0.3 is 25.6 Å². The second-order valence-corrected chi connectivity index (χ2v) is 8.65. The maximum absolute atomic E-state index is 12.6. The molecule has 0 bridgehead atoms. The summed E-state index contributed by atoms with van der Waals surface area (Å²) in [6.45, 7) is 2.80. The Balaban J connectivity index is 1.56. The highest BCUT2D eigenvalue weighted by molar-refractivity contribution is 6.01. The number of likely N-dealkylation sites (tertiary alicyclic amines) is 1. The summed E-state index contributed by atoms with van der Waals surface area (Å²) in [6, 6.07) is 7.19. The molecule has 36 heavy (non-hydrogen) atoms. The van der Waals surface area contributed by atoms with E-state index in [1.807, 2.05) is 18.2 Å². The first-order valence-electron chi connectivity index (χ1n) is 12.0. The highest BCUT2D eigenvalue weighted by atomic mass is 16.5. The highest BCUT2D eigenvalue weighted by Gasteiger charge is 2.19. The molecule has 3 N–H and O–H groups in total. The van der Waals surface area contributed by atoms with Crippen LogP contribution in [0.25, 0.3) is 11.4 Å². The van der Waals surface area contributed by atoms with Crippen LogP contribution in [-0.4, -0.2) is 70.3 Å². The summed E-state index contributed by atoms with van der Waals surface area (Å²) < 4.78 is 7.29. The van der Waals surface area contributed by atoms with Gasteiger partial charge in [0.15, 0.2) is 11.6 Å². The minimum atomic E-state index is -0.311. The van der Waals surface area contributed by atoms with Gasteiger partial charge in [0.2, 0.25) is 5.91 Å². The predicted molar refractivity (Wildman–Crippen MR) is 137 cm³/mol. The lowest BCUT2D eigenvalue weighted by atomic mass is 10.1. The van der Waals surface area contributed by atoms with Crippen LogP contribution in [0, 0.1) is 0 Å². The lowest BCUT2D eigenvalue weighted by Crippen LogP contribution is -2.32. The second kappa shape index (κ2) is 11.6. The number of hydrogen-bond acceptors (Lipinski definition) is 8. The number of rotatable bonds is 9. The van der Waals surface area contributed by atoms with Crippen LogP contribution in [0.5, 0.6) is 5.75 Å². The third-order valence-electron chi connectivity index (χ3n) is 6.08. The van der Waals surface area contributed by atoms with Crippen LogP contribution in [0.1, 0.15) is 36.0 Å². The van der Waals surface area contributed by atoms with E-state index in [4.69, 9.17) is 4.74 Å². The van der Waals surface area contributed by atoms with Crippen molar-refractivity contribution in [2.75, 3.05) is 44.4 Å². The van der Waals surface area contributed by atoms with Crippen molar-refractivity contribution < 1.29 is 14.3 Å². The monoisotopic (exact) mass is 492 g/mol. The number of carbonyl (C=O) groups is 2. The molecule has 11 nitrogen and oxygen atoms in total. The first kappa shape index (κ1) is 25.1. The Morgan fingerprint density at radius 3 is 2.61 bits per heavy atom. The Morgan fingerprint density at radius 1 is 1.11 bits per heavy atom. The average Bonchev–Trinajstić information content (AvgIpc) is 3.33. The maximum Gasteiger partial charge on any atom is 0.254 e. The van der Waals surface area contributed by atoms with Crippen molar-refractivity contribution in [3.8, 4) is 17.1 Å². The summed E-state index contributed by atoms with van der Waals surface area (Å²) in [5.41, 5.74) is 2.11. The molecule has 3 heterocycles. The number of aromatic nitrogens is 4. The molecule has 0 radical (unpaired) electrons. The van der Waals surface area contributed by atoms with Gasteiger partial charge in [-0.3, -0.25) is 14.3 Å². The second-order valence-electron chi connectivity index (χ2n) is 8.65. The molecule has 1 aliphatic heterocycles. The van der Waals surface area contributed by atoms with Gasteiger partial charge in [-0.15, -0.1) is 0 Å². The molecular formula is C25H32N8O3. The van der Waals surface area contributed by atoms with Crippen LogP contribution in [0.2, 0.25) is 0 Å². The van der Waals surface area contributed by atoms with E-state index in [9.17, 15) is 9.59 Å². The normalized spacial score (nSPS) is 13.8. The van der Waals surface area contributed by atoms with Gasteiger partial charge in [0.05, 0.1) is 29.6 Å². The predicted octanol–water partition coefficient (Wildman–Crippen LogP) is 2.80. The van der Waals surface area contributed by atoms with Crippen molar-refractivity contribution in [3.05, 3.63) is 42.4 Å². The molecule has 1 aliphatic rings. The fourth-order valence-electron chi connectivity index (χ4n) is 4.23. The van der Waals surface area contributed by atoms with Crippen molar-refractivity contribution in [3.63, 3.8) is 0 Å². The van der Waals surface area contributed by atoms with Gasteiger partial charge >= 0.3 is 0 Å². The first-order valence-corrected chi connectivity index (χ1v) is 12.0. The molecule has 1 fully saturated rings. The number of nitrogens with one attached hydrogen (secondary N) is 3. The zero-order valence-electron chi connectivity index (χ0n) is 20.9. The molecule has 4 rings (SSSR count). The summed E-state index contributed by atoms with van der Waals surface area (Å²) in [4.78, 5) is 36.1. The van der Waals surface area contributed by atoms with Gasteiger partial charge in [0.25, 0.3) is 5.91 Å². The molecule has 11 heteroatoms. The van der Waals surface area contributed by atoms with Gasteiger partial charge in [0.1, 0.15) is 12.1 Å². The Labute approximate surface area is 210 Å². The number of amides is 2. The molecule has 1 saturated heterocycles. The molecule has 0 spiro atoms. The number of anilines is 3. The molecule has 0 aliphatic carbocycles. The maximum atomic E-state index is 12.6. The number of aryl methyl sites for hydroxylation is 1. The quantitative estimate of drug-likeness (QED) is 0.416. The van der Waals surface area contributed by atoms with Crippen LogP contribution < -0.4 is 20.7 Å². The largest absolute Gasteiger partial charge is 0.494 e. The summed E-state index contributed by atoms with van der Waals surface area (Å²) in [5.74, 6) is 0.966. The molecule has 190 valence electrons. The Morgan fingerprint density at radius 2 is 1.92 bits per heavy atom. The lowest BCUT2D eigenvalue weighted by molar-refractivity contribution is -0.116. The van der Waals surface area contributed by atoms with Gasteiger partial charge in [-0.05, 0) is 38.1 Å². The topological polar surface area (TPSA) is 126 Å². The van der Waals surface area contributed by atoms with Crippen molar-refractivity contribution in [1.29, 1.82) is 0 Å². The molecule has 0 unspecified atom stereocenters. The minimum Gasteiger partial charge on any atom is -0.494 e. The fraction of sp³-hybridized carbons (Fsp3) is 0.400. The Bertz CT molecular complexity index is 1220. The number of benzene rings is 1. The Kier molecular flexibility index (Phi) is 8.11. The van der Waals surface area contributed by atoms with Gasteiger partial charge in [-0.1, -0.05) is 12.5 Å². The van der Waals surface area contributed by atoms with E-state index < -0.39 is 0 Å². The van der Waals surface area contributed by atoms with E-state index >= 15 is 0 Å². The molecule has 0 saturated carbocycles. The number of methoxy groups -OCH3 is 1. The molecule has 0 atom stereocenters. The van der Waals surface area contributed by atoms with E-state index in [2.05, 4.69) is 35.9 Å². The molecule has 2 amide bonds. The van der Waals surface area contributed by atoms with Crippen molar-refractivity contribution in [2.45, 2.75) is 25.7 Å². The van der Waals surface area contributed by atoms with Gasteiger partial charge in [0, 0.05) is 39.3 Å². The zero-order chi connectivity index (χ0) is 25.5. The van der Waals surface area contributed by atoms with Crippen molar-refractivity contribution in [1.82, 2.24) is 30.0 Å². The van der Waals surface area contributed by atoms with Crippen molar-refractivity contribution >= 4 is 29.0 Å². The SMILES string of the molecule is CNC(=O)c1cnc(NC(=O)CCN2CCCCC2)cc1Nc1cccc(-c2ncn(C)n2)c1OC. The molecular weight excluding hydrogens is 460 g/mol. The first-order chi connectivity index (χ1) is 17.5. The van der Waals surface area contributed by atoms with Crippen LogP contribution in [-0.2, 0) is 11.8 Å². The van der Waals surface area contributed by atoms with E-state index in [1.54, 1.807) is 38.3 Å². The standard InChI is InChI=1S/C25H32N8O3/c1-26-25(35)18-15-27-21(30-22(34)10-13-33-11-5-4-6-12-33)14-20(18)29-19-9-7-8-17(23(19)36-3)24-28-16-32(2)31-24/h7-9,14-16H,4-6,10-13H2,1-3H3,(H,26,35)(H2,27,29,30,34). The van der Waals surface area contributed by atoms with Crippen LogP contribution >= 0.6 is 0 Å². The van der Waals surface area contributed by atoms with Crippen LogP contribution in [0.15, 0.2) is 36.8 Å². The summed E-state index contributed by atoms with van der Waals surface area (Å²) >= 11 is 0. The van der Waals surface area contributed by atoms with E-state index in [0.717, 1.165) is 19.6 Å². The Hall–Kier alpha value is -3.99. The van der Waals surface area contributed by atoms with E-state index in [-0.39, 0.29) is 11.8 Å². The number of para-hydroxylation sites is 1. The van der Waals surface area contributed by atoms with Crippen LogP contribution in [0.4, 0.5) is 17.2 Å². The third-order valence-corrected chi connectivity index (χ3v) is 6.08. The number of carbonyl (C=O) groups excluding carboxylic acids is 2. The molecule has 2 aromatic heterocycles. The molecule has 3 aromatic rings. The summed E-state index contributed by atoms with van der Waals surface area (Å²) in [7, 11) is 4.91. The van der Waals surface area contributed by atoms with Gasteiger partial charge in [-0.2, -0.15) is 5.10 Å². The van der Waals surface area contributed by atoms with Gasteiger partial charge in [-0.25, -0.2) is 9.97 Å². The number of hydrogen-bond donors (Lipinski definition) is 3. The summed E-state index contributed by atoms with van der Waals surface area (Å²) in [5, 5.41) is 13.1. The fourth-order valence-corrected chi connectivity index (χ4v) is 4.23. The lowest BCUT2D eigenvalue weighted by Gasteiger charge is -2.25. The zero-order valence-corrected chi connectivity index (χ0v) is 20.9.